The Kier molecular flexibility index (Phi) is 2.36. The van der Waals surface area contributed by atoms with Crippen LogP contribution in [0, 0.1) is 5.92 Å². The van der Waals surface area contributed by atoms with Crippen LogP contribution in [0.2, 0.25) is 0 Å². The Morgan fingerprint density at radius 3 is 3.00 bits per heavy atom. The molecule has 0 spiro atoms. The lowest BCUT2D eigenvalue weighted by Gasteiger charge is -2.30. The van der Waals surface area contributed by atoms with Crippen molar-refractivity contribution >= 4 is 0 Å². The molecule has 0 atom stereocenters. The fraction of sp³-hybridized carbons (Fsp3) is 0.700. The summed E-state index contributed by atoms with van der Waals surface area (Å²) in [5.74, 6) is 3.32. The Bertz CT molecular complexity index is 276. The highest BCUT2D eigenvalue weighted by molar-refractivity contribution is 5.06. The second-order valence-electron chi connectivity index (χ2n) is 3.97. The molecule has 1 heterocycles. The molecule has 0 aromatic carbocycles. The summed E-state index contributed by atoms with van der Waals surface area (Å²) in [5.41, 5.74) is 5.41. The minimum absolute atomic E-state index is 0.612. The van der Waals surface area contributed by atoms with Crippen LogP contribution >= 0.6 is 0 Å². The van der Waals surface area contributed by atoms with Gasteiger partial charge in [-0.3, -0.25) is 0 Å². The molecule has 1 aliphatic carbocycles. The number of rotatable bonds is 3. The zero-order valence-corrected chi connectivity index (χ0v) is 7.99. The molecule has 0 aliphatic heterocycles. The molecular formula is C10H16N2O. The summed E-state index contributed by atoms with van der Waals surface area (Å²) in [6.07, 6.45) is 5.11. The number of aromatic nitrogens is 1. The number of oxazole rings is 1. The average molecular weight is 180 g/mol. The molecule has 2 rings (SSSR count). The molecule has 1 aromatic rings. The Labute approximate surface area is 78.3 Å². The second-order valence-corrected chi connectivity index (χ2v) is 3.97. The highest BCUT2D eigenvalue weighted by Crippen LogP contribution is 2.41. The molecule has 1 aliphatic rings. The molecule has 3 nitrogen and oxygen atoms in total. The third-order valence-electron chi connectivity index (χ3n) is 2.71. The van der Waals surface area contributed by atoms with E-state index < -0.39 is 0 Å². The van der Waals surface area contributed by atoms with E-state index in [9.17, 15) is 0 Å². The van der Waals surface area contributed by atoms with Crippen LogP contribution in [0.15, 0.2) is 10.6 Å². The molecule has 2 N–H and O–H groups in total. The van der Waals surface area contributed by atoms with Crippen molar-refractivity contribution in [2.45, 2.75) is 32.1 Å². The van der Waals surface area contributed by atoms with Gasteiger partial charge in [0.1, 0.15) is 5.76 Å². The van der Waals surface area contributed by atoms with Gasteiger partial charge >= 0.3 is 0 Å². The number of nitrogens with two attached hydrogens (primary N) is 1. The van der Waals surface area contributed by atoms with Gasteiger partial charge in [-0.05, 0) is 18.8 Å². The molecule has 1 saturated carbocycles. The molecule has 0 unspecified atom stereocenters. The fourth-order valence-electron chi connectivity index (χ4n) is 1.89. The average Bonchev–Trinajstić information content (AvgIpc) is 2.48. The number of hydrogen-bond donors (Lipinski definition) is 1. The van der Waals surface area contributed by atoms with Crippen LogP contribution in [0.3, 0.4) is 0 Å². The summed E-state index contributed by atoms with van der Waals surface area (Å²) in [5, 5.41) is 0. The van der Waals surface area contributed by atoms with Crippen molar-refractivity contribution in [2.75, 3.05) is 6.54 Å². The summed E-state index contributed by atoms with van der Waals surface area (Å²) in [6, 6.07) is 0. The summed E-state index contributed by atoms with van der Waals surface area (Å²) in [4.78, 5) is 4.19. The molecule has 0 bridgehead atoms. The second kappa shape index (κ2) is 3.50. The fourth-order valence-corrected chi connectivity index (χ4v) is 1.89. The van der Waals surface area contributed by atoms with E-state index in [2.05, 4.69) is 11.9 Å². The molecule has 0 radical (unpaired) electrons. The Morgan fingerprint density at radius 1 is 1.62 bits per heavy atom. The minimum atomic E-state index is 0.612. The third-order valence-corrected chi connectivity index (χ3v) is 2.71. The van der Waals surface area contributed by atoms with E-state index in [-0.39, 0.29) is 0 Å². The standard InChI is InChI=1S/C10H16N2O/c1-7-4-8(5-7)9-6-12-10(13-9)2-3-11/h6-8H,2-5,11H2,1H3. The van der Waals surface area contributed by atoms with Gasteiger partial charge in [0.15, 0.2) is 5.89 Å². The third kappa shape index (κ3) is 1.75. The van der Waals surface area contributed by atoms with Gasteiger partial charge in [0.2, 0.25) is 0 Å². The Hall–Kier alpha value is -0.830. The van der Waals surface area contributed by atoms with E-state index in [1.54, 1.807) is 0 Å². The van der Waals surface area contributed by atoms with Crippen molar-refractivity contribution in [1.82, 2.24) is 4.98 Å². The molecule has 3 heteroatoms. The normalized spacial score (nSPS) is 27.2. The maximum Gasteiger partial charge on any atom is 0.195 e. The summed E-state index contributed by atoms with van der Waals surface area (Å²) >= 11 is 0. The van der Waals surface area contributed by atoms with Gasteiger partial charge in [-0.25, -0.2) is 4.98 Å². The zero-order chi connectivity index (χ0) is 9.26. The maximum absolute atomic E-state index is 5.59. The van der Waals surface area contributed by atoms with Crippen molar-refractivity contribution in [1.29, 1.82) is 0 Å². The van der Waals surface area contributed by atoms with Crippen LogP contribution in [0.5, 0.6) is 0 Å². The van der Waals surface area contributed by atoms with Gasteiger partial charge in [0, 0.05) is 18.9 Å². The van der Waals surface area contributed by atoms with Crippen LogP contribution in [0.25, 0.3) is 0 Å². The zero-order valence-electron chi connectivity index (χ0n) is 7.99. The van der Waals surface area contributed by atoms with Crippen molar-refractivity contribution in [2.24, 2.45) is 11.7 Å². The van der Waals surface area contributed by atoms with Gasteiger partial charge < -0.3 is 10.2 Å². The van der Waals surface area contributed by atoms with Gasteiger partial charge in [0.25, 0.3) is 0 Å². The number of nitrogens with zero attached hydrogens (tertiary/aromatic N) is 1. The first-order valence-corrected chi connectivity index (χ1v) is 4.94. The van der Waals surface area contributed by atoms with Crippen molar-refractivity contribution < 1.29 is 4.42 Å². The van der Waals surface area contributed by atoms with Crippen LogP contribution in [-0.2, 0) is 6.42 Å². The predicted molar refractivity (Wildman–Crippen MR) is 50.4 cm³/mol. The first-order chi connectivity index (χ1) is 6.29. The smallest absolute Gasteiger partial charge is 0.195 e. The van der Waals surface area contributed by atoms with Gasteiger partial charge in [-0.15, -0.1) is 0 Å². The first kappa shape index (κ1) is 8.75. The van der Waals surface area contributed by atoms with Crippen molar-refractivity contribution in [3.63, 3.8) is 0 Å². The van der Waals surface area contributed by atoms with Gasteiger partial charge in [-0.1, -0.05) is 6.92 Å². The maximum atomic E-state index is 5.59. The lowest BCUT2D eigenvalue weighted by Crippen LogP contribution is -2.18. The molecule has 1 aromatic heterocycles. The van der Waals surface area contributed by atoms with E-state index in [1.165, 1.54) is 12.8 Å². The van der Waals surface area contributed by atoms with Crippen LogP contribution in [0.4, 0.5) is 0 Å². The van der Waals surface area contributed by atoms with Crippen LogP contribution in [0.1, 0.15) is 37.3 Å². The van der Waals surface area contributed by atoms with E-state index in [4.69, 9.17) is 10.2 Å². The monoisotopic (exact) mass is 180 g/mol. The van der Waals surface area contributed by atoms with Crippen LogP contribution < -0.4 is 5.73 Å². The quantitative estimate of drug-likeness (QED) is 0.770. The summed E-state index contributed by atoms with van der Waals surface area (Å²) in [6.45, 7) is 2.88. The topological polar surface area (TPSA) is 52.0 Å². The van der Waals surface area contributed by atoms with Crippen molar-refractivity contribution in [3.8, 4) is 0 Å². The minimum Gasteiger partial charge on any atom is -0.445 e. The molecule has 0 amide bonds. The Balaban J connectivity index is 1.97. The van der Waals surface area contributed by atoms with E-state index in [0.717, 1.165) is 24.0 Å². The van der Waals surface area contributed by atoms with E-state index in [1.807, 2.05) is 6.20 Å². The predicted octanol–water partition coefficient (Wildman–Crippen LogP) is 1.69. The highest BCUT2D eigenvalue weighted by Gasteiger charge is 2.29. The molecule has 13 heavy (non-hydrogen) atoms. The SMILES string of the molecule is CC1CC(c2cnc(CCN)o2)C1. The van der Waals surface area contributed by atoms with Gasteiger partial charge in [0.05, 0.1) is 6.20 Å². The first-order valence-electron chi connectivity index (χ1n) is 4.94. The lowest BCUT2D eigenvalue weighted by molar-refractivity contribution is 0.249. The molecule has 72 valence electrons. The lowest BCUT2D eigenvalue weighted by atomic mass is 9.75. The highest BCUT2D eigenvalue weighted by atomic mass is 16.4. The number of hydrogen-bond acceptors (Lipinski definition) is 3. The molecule has 0 saturated heterocycles. The van der Waals surface area contributed by atoms with Gasteiger partial charge in [-0.2, -0.15) is 0 Å². The molecular weight excluding hydrogens is 164 g/mol. The largest absolute Gasteiger partial charge is 0.445 e. The Morgan fingerprint density at radius 2 is 2.38 bits per heavy atom. The van der Waals surface area contributed by atoms with E-state index in [0.29, 0.717) is 12.5 Å². The van der Waals surface area contributed by atoms with Crippen molar-refractivity contribution in [3.05, 3.63) is 17.8 Å². The summed E-state index contributed by atoms with van der Waals surface area (Å²) in [7, 11) is 0. The molecule has 1 fully saturated rings. The van der Waals surface area contributed by atoms with E-state index >= 15 is 0 Å². The van der Waals surface area contributed by atoms with Crippen LogP contribution in [-0.4, -0.2) is 11.5 Å². The summed E-state index contributed by atoms with van der Waals surface area (Å²) < 4.78 is 5.59.